The number of benzene rings is 7. The van der Waals surface area contributed by atoms with Gasteiger partial charge in [-0.3, -0.25) is 0 Å². The third-order valence-corrected chi connectivity index (χ3v) is 8.75. The Balaban J connectivity index is 1.33. The number of furan rings is 1. The molecule has 0 radical (unpaired) electrons. The number of rotatable bonds is 5. The number of hydrogen-bond acceptors (Lipinski definition) is 4. The lowest BCUT2D eigenvalue weighted by atomic mass is 9.92. The molecule has 0 atom stereocenters. The SMILES string of the molecule is c1ccc(-c2ccc(-c3cccc4c(-c5nc(-c6ccccc6)nc(-c6ccccc6)n5)cc5c6ccccc6oc5c34)cc2)cc1. The number of nitrogens with zero attached hydrogens (tertiary/aromatic N) is 3. The minimum absolute atomic E-state index is 0.617. The molecule has 0 saturated heterocycles. The lowest BCUT2D eigenvalue weighted by molar-refractivity contribution is 0.673. The van der Waals surface area contributed by atoms with E-state index in [0.29, 0.717) is 17.5 Å². The zero-order valence-electron chi connectivity index (χ0n) is 25.3. The number of aromatic nitrogens is 3. The van der Waals surface area contributed by atoms with Gasteiger partial charge < -0.3 is 4.42 Å². The molecular weight excluding hydrogens is 574 g/mol. The summed E-state index contributed by atoms with van der Waals surface area (Å²) >= 11 is 0. The van der Waals surface area contributed by atoms with Crippen LogP contribution < -0.4 is 0 Å². The van der Waals surface area contributed by atoms with Gasteiger partial charge in [0, 0.05) is 32.8 Å². The van der Waals surface area contributed by atoms with Crippen molar-refractivity contribution in [3.63, 3.8) is 0 Å². The van der Waals surface area contributed by atoms with Gasteiger partial charge in [0.15, 0.2) is 17.5 Å². The summed E-state index contributed by atoms with van der Waals surface area (Å²) in [6.07, 6.45) is 0. The van der Waals surface area contributed by atoms with Crippen molar-refractivity contribution >= 4 is 32.7 Å². The van der Waals surface area contributed by atoms with Crippen molar-refractivity contribution in [2.75, 3.05) is 0 Å². The average molecular weight is 602 g/mol. The summed E-state index contributed by atoms with van der Waals surface area (Å²) in [6.45, 7) is 0. The summed E-state index contributed by atoms with van der Waals surface area (Å²) < 4.78 is 6.64. The zero-order chi connectivity index (χ0) is 31.2. The third-order valence-electron chi connectivity index (χ3n) is 8.75. The zero-order valence-corrected chi connectivity index (χ0v) is 25.3. The molecule has 4 nitrogen and oxygen atoms in total. The minimum atomic E-state index is 0.617. The highest BCUT2D eigenvalue weighted by molar-refractivity contribution is 6.22. The summed E-state index contributed by atoms with van der Waals surface area (Å²) in [6, 6.07) is 56.3. The molecule has 0 aliphatic carbocycles. The van der Waals surface area contributed by atoms with Crippen LogP contribution in [0.15, 0.2) is 168 Å². The van der Waals surface area contributed by atoms with E-state index in [1.54, 1.807) is 0 Å². The molecule has 220 valence electrons. The fourth-order valence-corrected chi connectivity index (χ4v) is 6.47. The van der Waals surface area contributed by atoms with Gasteiger partial charge in [-0.1, -0.05) is 152 Å². The van der Waals surface area contributed by atoms with Gasteiger partial charge in [0.2, 0.25) is 0 Å². The molecule has 47 heavy (non-hydrogen) atoms. The highest BCUT2D eigenvalue weighted by Gasteiger charge is 2.21. The lowest BCUT2D eigenvalue weighted by Gasteiger charge is -2.14. The van der Waals surface area contributed by atoms with E-state index in [-0.39, 0.29) is 0 Å². The number of para-hydroxylation sites is 1. The van der Waals surface area contributed by atoms with E-state index < -0.39 is 0 Å². The van der Waals surface area contributed by atoms with Crippen LogP contribution in [0.5, 0.6) is 0 Å². The van der Waals surface area contributed by atoms with Crippen molar-refractivity contribution < 1.29 is 4.42 Å². The van der Waals surface area contributed by atoms with Gasteiger partial charge in [0.1, 0.15) is 11.2 Å². The Morgan fingerprint density at radius 1 is 0.340 bits per heavy atom. The molecule has 7 aromatic carbocycles. The average Bonchev–Trinajstić information content (AvgIpc) is 3.54. The Bertz CT molecular complexity index is 2480. The van der Waals surface area contributed by atoms with Gasteiger partial charge >= 0.3 is 0 Å². The van der Waals surface area contributed by atoms with Crippen LogP contribution in [0, 0.1) is 0 Å². The standard InChI is InChI=1S/C43H27N3O/c1-4-13-28(14-5-1)29-23-25-30(26-24-29)33-20-12-21-35-37(27-36-34-19-10-11-22-38(34)47-40(36)39(33)35)43-45-41(31-15-6-2-7-16-31)44-42(46-43)32-17-8-3-9-18-32/h1-27H. The Morgan fingerprint density at radius 3 is 1.51 bits per heavy atom. The summed E-state index contributed by atoms with van der Waals surface area (Å²) in [4.78, 5) is 15.2. The highest BCUT2D eigenvalue weighted by Crippen LogP contribution is 2.43. The number of hydrogen-bond donors (Lipinski definition) is 0. The Morgan fingerprint density at radius 2 is 0.851 bits per heavy atom. The monoisotopic (exact) mass is 601 g/mol. The van der Waals surface area contributed by atoms with Gasteiger partial charge in [-0.25, -0.2) is 15.0 Å². The van der Waals surface area contributed by atoms with Crippen molar-refractivity contribution in [2.24, 2.45) is 0 Å². The molecule has 0 spiro atoms. The quantitative estimate of drug-likeness (QED) is 0.197. The first kappa shape index (κ1) is 27.0. The van der Waals surface area contributed by atoms with Crippen molar-refractivity contribution in [3.8, 4) is 56.4 Å². The topological polar surface area (TPSA) is 51.8 Å². The van der Waals surface area contributed by atoms with Crippen LogP contribution in [0.1, 0.15) is 0 Å². The molecule has 0 saturated carbocycles. The molecule has 4 heteroatoms. The largest absolute Gasteiger partial charge is 0.455 e. The first-order valence-electron chi connectivity index (χ1n) is 15.7. The summed E-state index contributed by atoms with van der Waals surface area (Å²) in [7, 11) is 0. The van der Waals surface area contributed by atoms with Crippen molar-refractivity contribution in [1.82, 2.24) is 15.0 Å². The molecule has 0 bridgehead atoms. The van der Waals surface area contributed by atoms with E-state index in [9.17, 15) is 0 Å². The van der Waals surface area contributed by atoms with Crippen molar-refractivity contribution in [2.45, 2.75) is 0 Å². The van der Waals surface area contributed by atoms with E-state index in [1.807, 2.05) is 78.9 Å². The molecule has 0 fully saturated rings. The molecule has 2 aromatic heterocycles. The molecule has 2 heterocycles. The fourth-order valence-electron chi connectivity index (χ4n) is 6.47. The van der Waals surface area contributed by atoms with Crippen LogP contribution in [-0.4, -0.2) is 15.0 Å². The predicted octanol–water partition coefficient (Wildman–Crippen LogP) is 11.3. The van der Waals surface area contributed by atoms with E-state index in [4.69, 9.17) is 19.4 Å². The van der Waals surface area contributed by atoms with Gasteiger partial charge in [0.05, 0.1) is 0 Å². The summed E-state index contributed by atoms with van der Waals surface area (Å²) in [5, 5.41) is 4.14. The van der Waals surface area contributed by atoms with E-state index in [2.05, 4.69) is 84.9 Å². The normalized spacial score (nSPS) is 11.4. The summed E-state index contributed by atoms with van der Waals surface area (Å²) in [5.41, 5.74) is 9.08. The maximum atomic E-state index is 6.64. The molecule has 0 amide bonds. The van der Waals surface area contributed by atoms with Gasteiger partial charge in [-0.05, 0) is 39.8 Å². The van der Waals surface area contributed by atoms with Gasteiger partial charge in [-0.2, -0.15) is 0 Å². The minimum Gasteiger partial charge on any atom is -0.455 e. The Kier molecular flexibility index (Phi) is 6.43. The van der Waals surface area contributed by atoms with Crippen LogP contribution >= 0.6 is 0 Å². The second kappa shape index (κ2) is 11.2. The maximum Gasteiger partial charge on any atom is 0.164 e. The Labute approximate surface area is 271 Å². The second-order valence-electron chi connectivity index (χ2n) is 11.6. The molecule has 9 aromatic rings. The van der Waals surface area contributed by atoms with Gasteiger partial charge in [-0.15, -0.1) is 0 Å². The first-order valence-corrected chi connectivity index (χ1v) is 15.7. The van der Waals surface area contributed by atoms with Crippen LogP contribution in [0.3, 0.4) is 0 Å². The number of fused-ring (bicyclic) bond motifs is 5. The van der Waals surface area contributed by atoms with Gasteiger partial charge in [0.25, 0.3) is 0 Å². The van der Waals surface area contributed by atoms with Crippen LogP contribution in [0.4, 0.5) is 0 Å². The van der Waals surface area contributed by atoms with E-state index in [1.165, 1.54) is 11.1 Å². The summed E-state index contributed by atoms with van der Waals surface area (Å²) in [5.74, 6) is 1.88. The van der Waals surface area contributed by atoms with Crippen LogP contribution in [0.25, 0.3) is 89.1 Å². The first-order chi connectivity index (χ1) is 23.3. The van der Waals surface area contributed by atoms with E-state index in [0.717, 1.165) is 60.5 Å². The van der Waals surface area contributed by atoms with E-state index >= 15 is 0 Å². The smallest absolute Gasteiger partial charge is 0.164 e. The van der Waals surface area contributed by atoms with Crippen molar-refractivity contribution in [3.05, 3.63) is 164 Å². The second-order valence-corrected chi connectivity index (χ2v) is 11.6. The predicted molar refractivity (Wildman–Crippen MR) is 192 cm³/mol. The Hall–Kier alpha value is -6.39. The fraction of sp³-hybridized carbons (Fsp3) is 0. The molecule has 0 unspecified atom stereocenters. The maximum absolute atomic E-state index is 6.64. The molecule has 0 aliphatic heterocycles. The highest BCUT2D eigenvalue weighted by atomic mass is 16.3. The van der Waals surface area contributed by atoms with Crippen LogP contribution in [-0.2, 0) is 0 Å². The van der Waals surface area contributed by atoms with Crippen LogP contribution in [0.2, 0.25) is 0 Å². The van der Waals surface area contributed by atoms with Crippen molar-refractivity contribution in [1.29, 1.82) is 0 Å². The molecule has 0 N–H and O–H groups in total. The molecule has 9 rings (SSSR count). The third kappa shape index (κ3) is 4.75. The molecule has 0 aliphatic rings. The lowest BCUT2D eigenvalue weighted by Crippen LogP contribution is -2.00. The molecular formula is C43H27N3O.